The normalized spacial score (nSPS) is 13.2. The minimum atomic E-state index is -4.43. The maximum Gasteiger partial charge on any atom is 0.379 e. The van der Waals surface area contributed by atoms with E-state index in [1.54, 1.807) is 0 Å². The Morgan fingerprint density at radius 1 is 1.40 bits per heavy atom. The molecule has 0 aliphatic rings. The van der Waals surface area contributed by atoms with Crippen molar-refractivity contribution in [3.63, 3.8) is 0 Å². The van der Waals surface area contributed by atoms with Crippen LogP contribution in [0, 0.1) is 17.5 Å². The molecule has 0 aromatic heterocycles. The fourth-order valence-corrected chi connectivity index (χ4v) is 1.43. The number of hydrogen-bond acceptors (Lipinski definition) is 4. The average molecular weight is 299 g/mol. The quantitative estimate of drug-likeness (QED) is 0.507. The molecule has 0 saturated carbocycles. The molecule has 0 radical (unpaired) electrons. The maximum absolute atomic E-state index is 13.6. The first-order chi connectivity index (χ1) is 9.14. The van der Waals surface area contributed by atoms with Crippen LogP contribution in [-0.2, 0) is 9.53 Å². The first kappa shape index (κ1) is 16.2. The fourth-order valence-electron chi connectivity index (χ4n) is 1.43. The highest BCUT2D eigenvalue weighted by Gasteiger charge is 2.50. The summed E-state index contributed by atoms with van der Waals surface area (Å²) in [7, 11) is 0. The van der Waals surface area contributed by atoms with E-state index in [0.717, 1.165) is 0 Å². The molecule has 0 saturated heterocycles. The van der Waals surface area contributed by atoms with Crippen molar-refractivity contribution in [3.8, 4) is 5.75 Å². The summed E-state index contributed by atoms with van der Waals surface area (Å²) in [6, 6.07) is -2.66. The molecular weight excluding hydrogens is 289 g/mol. The number of carbonyl (C=O) groups is 1. The summed E-state index contributed by atoms with van der Waals surface area (Å²) in [5, 5.41) is 9.23. The zero-order valence-electron chi connectivity index (χ0n) is 10.1. The number of rotatable bonds is 4. The fraction of sp³-hybridized carbons (Fsp3) is 0.364. The number of esters is 1. The summed E-state index contributed by atoms with van der Waals surface area (Å²) >= 11 is 0. The molecule has 0 bridgehead atoms. The molecule has 112 valence electrons. The van der Waals surface area contributed by atoms with Crippen molar-refractivity contribution in [1.82, 2.24) is 0 Å². The van der Waals surface area contributed by atoms with Gasteiger partial charge in [0.1, 0.15) is 11.8 Å². The second kappa shape index (κ2) is 5.61. The number of halogens is 5. The summed E-state index contributed by atoms with van der Waals surface area (Å²) in [6.07, 6.45) is 0. The van der Waals surface area contributed by atoms with Gasteiger partial charge in [0.2, 0.25) is 0 Å². The van der Waals surface area contributed by atoms with E-state index >= 15 is 0 Å². The van der Waals surface area contributed by atoms with E-state index in [0.29, 0.717) is 0 Å². The molecule has 0 aliphatic carbocycles. The van der Waals surface area contributed by atoms with E-state index in [2.05, 4.69) is 4.74 Å². The van der Waals surface area contributed by atoms with Gasteiger partial charge >= 0.3 is 11.9 Å². The summed E-state index contributed by atoms with van der Waals surface area (Å²) in [5.74, 6) is -13.8. The molecule has 20 heavy (non-hydrogen) atoms. The second-order valence-electron chi connectivity index (χ2n) is 3.74. The number of ether oxygens (including phenoxy) is 1. The number of aromatic hydroxyl groups is 1. The molecule has 0 spiro atoms. The van der Waals surface area contributed by atoms with Gasteiger partial charge in [0.05, 0.1) is 12.2 Å². The Bertz CT molecular complexity index is 535. The Balaban J connectivity index is 3.31. The third-order valence-corrected chi connectivity index (χ3v) is 2.43. The van der Waals surface area contributed by atoms with Crippen LogP contribution in [0.1, 0.15) is 18.5 Å². The minimum absolute atomic E-state index is 0.0782. The highest BCUT2D eigenvalue weighted by Crippen LogP contribution is 2.38. The van der Waals surface area contributed by atoms with Crippen molar-refractivity contribution in [2.24, 2.45) is 5.73 Å². The van der Waals surface area contributed by atoms with Crippen LogP contribution < -0.4 is 5.73 Å². The minimum Gasteiger partial charge on any atom is -0.507 e. The van der Waals surface area contributed by atoms with E-state index in [4.69, 9.17) is 5.73 Å². The number of alkyl halides is 2. The van der Waals surface area contributed by atoms with Crippen LogP contribution in [0.5, 0.6) is 5.75 Å². The molecule has 1 aromatic carbocycles. The lowest BCUT2D eigenvalue weighted by Gasteiger charge is -2.23. The molecule has 0 unspecified atom stereocenters. The smallest absolute Gasteiger partial charge is 0.379 e. The van der Waals surface area contributed by atoms with E-state index in [9.17, 15) is 31.9 Å². The predicted octanol–water partition coefficient (Wildman–Crippen LogP) is 2.01. The van der Waals surface area contributed by atoms with Crippen LogP contribution in [0.3, 0.4) is 0 Å². The van der Waals surface area contributed by atoms with Gasteiger partial charge in [-0.15, -0.1) is 0 Å². The van der Waals surface area contributed by atoms with Crippen molar-refractivity contribution in [1.29, 1.82) is 0 Å². The van der Waals surface area contributed by atoms with Gasteiger partial charge in [-0.3, -0.25) is 0 Å². The third-order valence-electron chi connectivity index (χ3n) is 2.43. The maximum atomic E-state index is 13.6. The Morgan fingerprint density at radius 2 is 1.95 bits per heavy atom. The Kier molecular flexibility index (Phi) is 4.53. The van der Waals surface area contributed by atoms with Crippen LogP contribution in [0.25, 0.3) is 0 Å². The van der Waals surface area contributed by atoms with Crippen molar-refractivity contribution in [2.75, 3.05) is 6.61 Å². The van der Waals surface area contributed by atoms with E-state index in [1.807, 2.05) is 0 Å². The summed E-state index contributed by atoms with van der Waals surface area (Å²) in [4.78, 5) is 11.0. The molecule has 0 heterocycles. The van der Waals surface area contributed by atoms with E-state index in [1.165, 1.54) is 6.92 Å². The number of phenols is 1. The van der Waals surface area contributed by atoms with E-state index < -0.39 is 53.3 Å². The van der Waals surface area contributed by atoms with Gasteiger partial charge in [0.25, 0.3) is 0 Å². The predicted molar refractivity (Wildman–Crippen MR) is 56.5 cm³/mol. The van der Waals surface area contributed by atoms with E-state index in [-0.39, 0.29) is 6.07 Å². The van der Waals surface area contributed by atoms with Gasteiger partial charge in [-0.1, -0.05) is 0 Å². The molecule has 1 aromatic rings. The molecule has 4 nitrogen and oxygen atoms in total. The van der Waals surface area contributed by atoms with Gasteiger partial charge < -0.3 is 15.6 Å². The monoisotopic (exact) mass is 299 g/mol. The van der Waals surface area contributed by atoms with Crippen LogP contribution in [0.4, 0.5) is 22.0 Å². The molecule has 3 N–H and O–H groups in total. The first-order valence-electron chi connectivity index (χ1n) is 5.31. The van der Waals surface area contributed by atoms with Crippen LogP contribution in [-0.4, -0.2) is 23.6 Å². The van der Waals surface area contributed by atoms with Gasteiger partial charge in [0.15, 0.2) is 17.5 Å². The highest BCUT2D eigenvalue weighted by atomic mass is 19.3. The molecule has 1 rings (SSSR count). The molecule has 0 fully saturated rings. The number of hydrogen-bond donors (Lipinski definition) is 2. The van der Waals surface area contributed by atoms with Crippen LogP contribution in [0.2, 0.25) is 0 Å². The Morgan fingerprint density at radius 3 is 2.45 bits per heavy atom. The van der Waals surface area contributed by atoms with Gasteiger partial charge in [-0.2, -0.15) is 8.78 Å². The first-order valence-corrected chi connectivity index (χ1v) is 5.31. The zero-order valence-corrected chi connectivity index (χ0v) is 10.1. The molecule has 1 atom stereocenters. The lowest BCUT2D eigenvalue weighted by atomic mass is 9.99. The summed E-state index contributed by atoms with van der Waals surface area (Å²) in [6.45, 7) is 0.850. The van der Waals surface area contributed by atoms with Gasteiger partial charge in [0, 0.05) is 6.07 Å². The third kappa shape index (κ3) is 2.67. The average Bonchev–Trinajstić information content (AvgIpc) is 2.36. The Labute approximate surface area is 109 Å². The van der Waals surface area contributed by atoms with Crippen molar-refractivity contribution >= 4 is 5.97 Å². The summed E-state index contributed by atoms with van der Waals surface area (Å²) < 4.78 is 70.4. The van der Waals surface area contributed by atoms with Crippen molar-refractivity contribution < 1.29 is 36.6 Å². The van der Waals surface area contributed by atoms with Crippen LogP contribution >= 0.6 is 0 Å². The number of phenolic OH excluding ortho intramolecular Hbond substituents is 1. The second-order valence-corrected chi connectivity index (χ2v) is 3.74. The number of benzene rings is 1. The SMILES string of the molecule is CCOC(=O)C(F)(F)[C@@H](N)c1c(O)cc(F)c(F)c1F. The van der Waals surface area contributed by atoms with Crippen LogP contribution in [0.15, 0.2) is 6.07 Å². The lowest BCUT2D eigenvalue weighted by Crippen LogP contribution is -2.42. The molecule has 0 aliphatic heterocycles. The molecular formula is C11H10F5NO3. The number of nitrogens with two attached hydrogens (primary N) is 1. The molecule has 0 amide bonds. The van der Waals surface area contributed by atoms with Crippen molar-refractivity contribution in [3.05, 3.63) is 29.1 Å². The standard InChI is InChI=1S/C11H10F5NO3/c1-2-20-10(19)11(15,16)9(17)6-5(18)3-4(12)7(13)8(6)14/h3,9,18H,2,17H2,1H3/t9-/m0/s1. The highest BCUT2D eigenvalue weighted by molar-refractivity contribution is 5.79. The Hall–Kier alpha value is -1.90. The largest absolute Gasteiger partial charge is 0.507 e. The molecule has 9 heteroatoms. The van der Waals surface area contributed by atoms with Gasteiger partial charge in [-0.05, 0) is 6.92 Å². The zero-order chi connectivity index (χ0) is 15.7. The van der Waals surface area contributed by atoms with Gasteiger partial charge in [-0.25, -0.2) is 18.0 Å². The number of carbonyl (C=O) groups excluding carboxylic acids is 1. The topological polar surface area (TPSA) is 72.5 Å². The summed E-state index contributed by atoms with van der Waals surface area (Å²) in [5.41, 5.74) is 3.57. The lowest BCUT2D eigenvalue weighted by molar-refractivity contribution is -0.175. The van der Waals surface area contributed by atoms with Crippen molar-refractivity contribution in [2.45, 2.75) is 18.9 Å².